The van der Waals surface area contributed by atoms with Crippen LogP contribution in [0.5, 0.6) is 0 Å². The number of nitrogens with zero attached hydrogens (tertiary/aromatic N) is 1. The molecule has 5 heteroatoms. The summed E-state index contributed by atoms with van der Waals surface area (Å²) in [7, 11) is 0. The highest BCUT2D eigenvalue weighted by molar-refractivity contribution is 6.13. The van der Waals surface area contributed by atoms with Crippen molar-refractivity contribution < 1.29 is 14.3 Å². The molecule has 1 N–H and O–H groups in total. The Balaban J connectivity index is 1.69. The van der Waals surface area contributed by atoms with Crippen LogP contribution in [0.15, 0.2) is 11.4 Å². The second-order valence-corrected chi connectivity index (χ2v) is 8.56. The maximum absolute atomic E-state index is 13.4. The van der Waals surface area contributed by atoms with Crippen molar-refractivity contribution in [2.75, 3.05) is 26.3 Å². The summed E-state index contributed by atoms with van der Waals surface area (Å²) in [5, 5.41) is 3.59. The number of ether oxygens (including phenoxy) is 1. The smallest absolute Gasteiger partial charge is 0.184 e. The van der Waals surface area contributed by atoms with Gasteiger partial charge in [0.15, 0.2) is 11.6 Å². The molecule has 3 fully saturated rings. The van der Waals surface area contributed by atoms with Crippen LogP contribution in [0.2, 0.25) is 0 Å². The lowest BCUT2D eigenvalue weighted by Crippen LogP contribution is -2.51. The Bertz CT molecular complexity index is 594. The van der Waals surface area contributed by atoms with E-state index in [2.05, 4.69) is 17.1 Å². The molecule has 0 amide bonds. The average molecular weight is 360 g/mol. The minimum atomic E-state index is -0.0950. The zero-order valence-electron chi connectivity index (χ0n) is 16.0. The van der Waals surface area contributed by atoms with Gasteiger partial charge in [0, 0.05) is 31.0 Å². The van der Waals surface area contributed by atoms with Crippen molar-refractivity contribution in [1.82, 2.24) is 10.2 Å². The normalized spacial score (nSPS) is 36.1. The fourth-order valence-electron chi connectivity index (χ4n) is 5.32. The van der Waals surface area contributed by atoms with Crippen LogP contribution in [0.25, 0.3) is 0 Å². The number of allylic oxidation sites excluding steroid dienone is 2. The van der Waals surface area contributed by atoms with Gasteiger partial charge in [-0.25, -0.2) is 0 Å². The van der Waals surface area contributed by atoms with Crippen LogP contribution < -0.4 is 5.32 Å². The largest absolute Gasteiger partial charge is 0.378 e. The number of fused-ring (bicyclic) bond motifs is 1. The lowest BCUT2D eigenvalue weighted by atomic mass is 9.69. The fraction of sp³-hybridized carbons (Fsp3) is 0.810. The second-order valence-electron chi connectivity index (χ2n) is 8.56. The lowest BCUT2D eigenvalue weighted by Gasteiger charge is -2.42. The van der Waals surface area contributed by atoms with Gasteiger partial charge >= 0.3 is 0 Å². The topological polar surface area (TPSA) is 58.6 Å². The third-order valence-electron chi connectivity index (χ3n) is 6.92. The minimum Gasteiger partial charge on any atom is -0.378 e. The number of hydrogen-bond donors (Lipinski definition) is 1. The van der Waals surface area contributed by atoms with Gasteiger partial charge in [-0.05, 0) is 31.6 Å². The molecule has 5 nitrogen and oxygen atoms in total. The zero-order valence-corrected chi connectivity index (χ0v) is 16.0. The fourth-order valence-corrected chi connectivity index (χ4v) is 5.32. The molecule has 2 saturated carbocycles. The van der Waals surface area contributed by atoms with Gasteiger partial charge in [0.25, 0.3) is 0 Å². The van der Waals surface area contributed by atoms with Crippen molar-refractivity contribution in [3.05, 3.63) is 11.4 Å². The van der Waals surface area contributed by atoms with Crippen LogP contribution in [0, 0.1) is 17.8 Å². The number of rotatable bonds is 3. The van der Waals surface area contributed by atoms with E-state index in [4.69, 9.17) is 4.74 Å². The minimum absolute atomic E-state index is 0.0941. The van der Waals surface area contributed by atoms with Crippen molar-refractivity contribution in [2.45, 2.75) is 64.3 Å². The van der Waals surface area contributed by atoms with E-state index >= 15 is 0 Å². The summed E-state index contributed by atoms with van der Waals surface area (Å²) >= 11 is 0. The first-order valence-corrected chi connectivity index (χ1v) is 10.6. The number of Topliss-reactive ketones (excluding diaryl/α,β-unsaturated/α-hetero) is 2. The van der Waals surface area contributed by atoms with Crippen LogP contribution in [0.1, 0.15) is 58.3 Å². The van der Waals surface area contributed by atoms with Crippen LogP contribution in [0.4, 0.5) is 0 Å². The Kier molecular flexibility index (Phi) is 5.35. The average Bonchev–Trinajstić information content (AvgIpc) is 2.68. The molecule has 1 aliphatic heterocycles. The van der Waals surface area contributed by atoms with Gasteiger partial charge in [0.2, 0.25) is 0 Å². The van der Waals surface area contributed by atoms with E-state index in [1.807, 2.05) is 0 Å². The predicted molar refractivity (Wildman–Crippen MR) is 99.4 cm³/mol. The molecule has 144 valence electrons. The summed E-state index contributed by atoms with van der Waals surface area (Å²) in [6, 6.07) is 0.312. The molecule has 4 unspecified atom stereocenters. The summed E-state index contributed by atoms with van der Waals surface area (Å²) in [6.45, 7) is 4.94. The van der Waals surface area contributed by atoms with Crippen molar-refractivity contribution in [1.29, 1.82) is 0 Å². The molecule has 3 aliphatic carbocycles. The van der Waals surface area contributed by atoms with Gasteiger partial charge in [-0.15, -0.1) is 0 Å². The number of morpholine rings is 1. The number of ketones is 2. The van der Waals surface area contributed by atoms with Gasteiger partial charge < -0.3 is 15.0 Å². The Morgan fingerprint density at radius 1 is 0.885 bits per heavy atom. The highest BCUT2D eigenvalue weighted by Crippen LogP contribution is 2.40. The number of carbonyl (C=O) groups excluding carboxylic acids is 2. The predicted octanol–water partition coefficient (Wildman–Crippen LogP) is 2.66. The van der Waals surface area contributed by atoms with E-state index in [0.717, 1.165) is 32.1 Å². The Labute approximate surface area is 156 Å². The molecule has 26 heavy (non-hydrogen) atoms. The van der Waals surface area contributed by atoms with Crippen LogP contribution >= 0.6 is 0 Å². The lowest BCUT2D eigenvalue weighted by molar-refractivity contribution is -0.134. The maximum Gasteiger partial charge on any atom is 0.184 e. The highest BCUT2D eigenvalue weighted by atomic mass is 16.5. The number of carbonyl (C=O) groups is 2. The summed E-state index contributed by atoms with van der Waals surface area (Å²) < 4.78 is 5.48. The van der Waals surface area contributed by atoms with E-state index in [1.54, 1.807) is 0 Å². The number of nitrogens with one attached hydrogen (secondary N) is 1. The highest BCUT2D eigenvalue weighted by Gasteiger charge is 2.46. The SMILES string of the molecule is CC1CCCCC1NC1=C(N2CCOCC2)C(=O)C2CCCCC2C1=O. The van der Waals surface area contributed by atoms with Crippen LogP contribution in [0.3, 0.4) is 0 Å². The van der Waals surface area contributed by atoms with Gasteiger partial charge in [-0.1, -0.05) is 32.6 Å². The molecule has 0 spiro atoms. The van der Waals surface area contributed by atoms with Crippen molar-refractivity contribution >= 4 is 11.6 Å². The summed E-state index contributed by atoms with van der Waals surface area (Å²) in [5.41, 5.74) is 1.32. The standard InChI is InChI=1S/C21H32N2O3/c1-14-6-2-5-9-17(14)22-18-19(23-10-12-26-13-11-23)21(25)16-8-4-3-7-15(16)20(18)24/h14-17,22H,2-13H2,1H3. The molecule has 0 aromatic heterocycles. The monoisotopic (exact) mass is 360 g/mol. The summed E-state index contributed by atoms with van der Waals surface area (Å²) in [6.07, 6.45) is 8.65. The van der Waals surface area contributed by atoms with Gasteiger partial charge in [-0.3, -0.25) is 9.59 Å². The molecule has 4 rings (SSSR count). The maximum atomic E-state index is 13.4. The summed E-state index contributed by atoms with van der Waals surface area (Å²) in [5.74, 6) is 0.774. The van der Waals surface area contributed by atoms with Gasteiger partial charge in [0.05, 0.1) is 13.2 Å². The number of hydrogen-bond acceptors (Lipinski definition) is 5. The molecule has 0 radical (unpaired) electrons. The van der Waals surface area contributed by atoms with E-state index < -0.39 is 0 Å². The molecule has 0 aromatic rings. The molecule has 0 bridgehead atoms. The first kappa shape index (κ1) is 18.0. The molecule has 4 atom stereocenters. The summed E-state index contributed by atoms with van der Waals surface area (Å²) in [4.78, 5) is 28.9. The van der Waals surface area contributed by atoms with E-state index in [-0.39, 0.29) is 23.4 Å². The van der Waals surface area contributed by atoms with Crippen LogP contribution in [-0.2, 0) is 14.3 Å². The Morgan fingerprint density at radius 2 is 1.50 bits per heavy atom. The van der Waals surface area contributed by atoms with E-state index in [1.165, 1.54) is 19.3 Å². The van der Waals surface area contributed by atoms with Gasteiger partial charge in [-0.2, -0.15) is 0 Å². The van der Waals surface area contributed by atoms with E-state index in [9.17, 15) is 9.59 Å². The van der Waals surface area contributed by atoms with Crippen molar-refractivity contribution in [3.8, 4) is 0 Å². The molecule has 0 aromatic carbocycles. The molecular formula is C21H32N2O3. The van der Waals surface area contributed by atoms with E-state index in [0.29, 0.717) is 49.7 Å². The zero-order chi connectivity index (χ0) is 18.1. The quantitative estimate of drug-likeness (QED) is 0.838. The molecular weight excluding hydrogens is 328 g/mol. The Morgan fingerprint density at radius 3 is 2.19 bits per heavy atom. The molecule has 1 heterocycles. The second kappa shape index (κ2) is 7.71. The van der Waals surface area contributed by atoms with Crippen molar-refractivity contribution in [2.24, 2.45) is 17.8 Å². The molecule has 4 aliphatic rings. The van der Waals surface area contributed by atoms with Gasteiger partial charge in [0.1, 0.15) is 11.4 Å². The van der Waals surface area contributed by atoms with Crippen LogP contribution in [-0.4, -0.2) is 48.8 Å². The van der Waals surface area contributed by atoms with Crippen molar-refractivity contribution in [3.63, 3.8) is 0 Å². The third kappa shape index (κ3) is 3.30. The Hall–Kier alpha value is -1.36. The third-order valence-corrected chi connectivity index (χ3v) is 6.92. The first-order chi connectivity index (χ1) is 12.7. The first-order valence-electron chi connectivity index (χ1n) is 10.6. The molecule has 1 saturated heterocycles.